The predicted octanol–water partition coefficient (Wildman–Crippen LogP) is 1.65. The summed E-state index contributed by atoms with van der Waals surface area (Å²) < 4.78 is 26.1. The van der Waals surface area contributed by atoms with E-state index in [2.05, 4.69) is 4.72 Å². The summed E-state index contributed by atoms with van der Waals surface area (Å²) in [5.74, 6) is -0.140. The smallest absolute Gasteiger partial charge is 0.266 e. The normalized spacial score (nSPS) is 16.4. The fourth-order valence-corrected chi connectivity index (χ4v) is 3.58. The Morgan fingerprint density at radius 1 is 1.26 bits per heavy atom. The minimum absolute atomic E-state index is 0.0465. The minimum atomic E-state index is -3.86. The molecule has 0 heterocycles. The van der Waals surface area contributed by atoms with Crippen molar-refractivity contribution in [3.63, 3.8) is 0 Å². The summed E-state index contributed by atoms with van der Waals surface area (Å²) in [6.07, 6.45) is 4.51. The van der Waals surface area contributed by atoms with Crippen molar-refractivity contribution >= 4 is 21.6 Å². The van der Waals surface area contributed by atoms with E-state index in [1.54, 1.807) is 12.1 Å². The molecule has 1 aromatic carbocycles. The van der Waals surface area contributed by atoms with Gasteiger partial charge in [0.25, 0.3) is 10.0 Å². The van der Waals surface area contributed by atoms with Gasteiger partial charge in [-0.05, 0) is 30.9 Å². The molecule has 0 saturated heterocycles. The first-order chi connectivity index (χ1) is 8.99. The quantitative estimate of drug-likeness (QED) is 0.822. The zero-order chi connectivity index (χ0) is 13.9. The predicted molar refractivity (Wildman–Crippen MR) is 72.8 cm³/mol. The van der Waals surface area contributed by atoms with Crippen molar-refractivity contribution in [1.29, 1.82) is 0 Å². The highest BCUT2D eigenvalue weighted by Crippen LogP contribution is 2.27. The van der Waals surface area contributed by atoms with Gasteiger partial charge in [-0.15, -0.1) is 0 Å². The zero-order valence-corrected chi connectivity index (χ0v) is 11.4. The van der Waals surface area contributed by atoms with Crippen LogP contribution in [-0.4, -0.2) is 14.3 Å². The summed E-state index contributed by atoms with van der Waals surface area (Å²) in [5.41, 5.74) is 5.76. The third kappa shape index (κ3) is 3.47. The van der Waals surface area contributed by atoms with E-state index >= 15 is 0 Å². The van der Waals surface area contributed by atoms with Crippen LogP contribution in [0.1, 0.15) is 32.1 Å². The molecule has 1 amide bonds. The number of hydrogen-bond acceptors (Lipinski definition) is 4. The summed E-state index contributed by atoms with van der Waals surface area (Å²) >= 11 is 0. The molecule has 2 rings (SSSR count). The Labute approximate surface area is 113 Å². The monoisotopic (exact) mass is 282 g/mol. The molecule has 0 bridgehead atoms. The van der Waals surface area contributed by atoms with Crippen molar-refractivity contribution in [2.24, 2.45) is 5.92 Å². The maximum atomic E-state index is 12.0. The van der Waals surface area contributed by atoms with Gasteiger partial charge in [0.2, 0.25) is 5.91 Å². The van der Waals surface area contributed by atoms with E-state index in [-0.39, 0.29) is 17.0 Å². The number of nitrogens with one attached hydrogen (secondary N) is 1. The molecule has 0 radical (unpaired) electrons. The first-order valence-corrected chi connectivity index (χ1v) is 7.87. The number of benzene rings is 1. The Morgan fingerprint density at radius 3 is 2.53 bits per heavy atom. The maximum absolute atomic E-state index is 12.0. The largest absolute Gasteiger partial charge is 0.398 e. The Morgan fingerprint density at radius 2 is 1.89 bits per heavy atom. The van der Waals surface area contributed by atoms with Gasteiger partial charge < -0.3 is 5.73 Å². The van der Waals surface area contributed by atoms with Gasteiger partial charge in [-0.3, -0.25) is 4.79 Å². The highest BCUT2D eigenvalue weighted by atomic mass is 32.2. The summed E-state index contributed by atoms with van der Waals surface area (Å²) in [5, 5.41) is 0. The fraction of sp³-hybridized carbons (Fsp3) is 0.462. The second kappa shape index (κ2) is 5.61. The number of carbonyl (C=O) groups excluding carboxylic acids is 1. The molecule has 1 aliphatic carbocycles. The van der Waals surface area contributed by atoms with Crippen molar-refractivity contribution in [2.45, 2.75) is 37.0 Å². The average Bonchev–Trinajstić information content (AvgIpc) is 2.81. The van der Waals surface area contributed by atoms with Crippen molar-refractivity contribution < 1.29 is 13.2 Å². The highest BCUT2D eigenvalue weighted by Gasteiger charge is 2.23. The first-order valence-electron chi connectivity index (χ1n) is 6.39. The summed E-state index contributed by atoms with van der Waals surface area (Å²) in [6.45, 7) is 0. The van der Waals surface area contributed by atoms with E-state index in [9.17, 15) is 13.2 Å². The minimum Gasteiger partial charge on any atom is -0.398 e. The maximum Gasteiger partial charge on any atom is 0.266 e. The second-order valence-electron chi connectivity index (χ2n) is 4.92. The third-order valence-corrected chi connectivity index (χ3v) is 4.85. The standard InChI is InChI=1S/C13H18N2O3S/c14-11-7-3-4-8-12(11)19(17,18)15-13(16)9-10-5-1-2-6-10/h3-4,7-8,10H,1-2,5-6,9,14H2,(H,15,16). The highest BCUT2D eigenvalue weighted by molar-refractivity contribution is 7.90. The lowest BCUT2D eigenvalue weighted by Crippen LogP contribution is -2.32. The van der Waals surface area contributed by atoms with Gasteiger partial charge in [-0.1, -0.05) is 25.0 Å². The van der Waals surface area contributed by atoms with Gasteiger partial charge in [0.15, 0.2) is 0 Å². The van der Waals surface area contributed by atoms with Gasteiger partial charge in [0, 0.05) is 6.42 Å². The molecular weight excluding hydrogens is 264 g/mol. The number of carbonyl (C=O) groups is 1. The number of para-hydroxylation sites is 1. The van der Waals surface area contributed by atoms with Gasteiger partial charge >= 0.3 is 0 Å². The van der Waals surface area contributed by atoms with Crippen LogP contribution in [0, 0.1) is 5.92 Å². The van der Waals surface area contributed by atoms with E-state index in [4.69, 9.17) is 5.73 Å². The van der Waals surface area contributed by atoms with Crippen LogP contribution in [0.5, 0.6) is 0 Å². The SMILES string of the molecule is Nc1ccccc1S(=O)(=O)NC(=O)CC1CCCC1. The van der Waals surface area contributed by atoms with E-state index in [1.807, 2.05) is 0 Å². The molecule has 5 nitrogen and oxygen atoms in total. The van der Waals surface area contributed by atoms with Gasteiger partial charge in [0.05, 0.1) is 5.69 Å². The molecule has 6 heteroatoms. The van der Waals surface area contributed by atoms with Crippen LogP contribution in [0.3, 0.4) is 0 Å². The van der Waals surface area contributed by atoms with Crippen LogP contribution in [0.2, 0.25) is 0 Å². The molecule has 0 unspecified atom stereocenters. The lowest BCUT2D eigenvalue weighted by atomic mass is 10.0. The molecule has 104 valence electrons. The Hall–Kier alpha value is -1.56. The number of amides is 1. The summed E-state index contributed by atoms with van der Waals surface area (Å²) in [7, 11) is -3.86. The molecule has 0 aliphatic heterocycles. The van der Waals surface area contributed by atoms with Crippen LogP contribution in [0.25, 0.3) is 0 Å². The number of anilines is 1. The molecule has 1 aliphatic rings. The lowest BCUT2D eigenvalue weighted by molar-refractivity contribution is -0.120. The Kier molecular flexibility index (Phi) is 4.09. The molecule has 19 heavy (non-hydrogen) atoms. The van der Waals surface area contributed by atoms with Gasteiger partial charge in [-0.2, -0.15) is 0 Å². The van der Waals surface area contributed by atoms with Crippen LogP contribution < -0.4 is 10.5 Å². The topological polar surface area (TPSA) is 89.3 Å². The van der Waals surface area contributed by atoms with E-state index < -0.39 is 15.9 Å². The molecule has 3 N–H and O–H groups in total. The molecular formula is C13H18N2O3S. The summed E-state index contributed by atoms with van der Waals surface area (Å²) in [4.78, 5) is 11.7. The van der Waals surface area contributed by atoms with Crippen LogP contribution in [0.15, 0.2) is 29.2 Å². The number of nitrogen functional groups attached to an aromatic ring is 1. The van der Waals surface area contributed by atoms with Crippen LogP contribution in [-0.2, 0) is 14.8 Å². The van der Waals surface area contributed by atoms with E-state index in [0.717, 1.165) is 25.7 Å². The first kappa shape index (κ1) is 13.9. The number of rotatable bonds is 4. The number of nitrogens with two attached hydrogens (primary N) is 1. The Bertz CT molecular complexity index is 563. The van der Waals surface area contributed by atoms with Crippen LogP contribution >= 0.6 is 0 Å². The number of sulfonamides is 1. The Balaban J connectivity index is 2.05. The van der Waals surface area contributed by atoms with Crippen molar-refractivity contribution in [2.75, 3.05) is 5.73 Å². The van der Waals surface area contributed by atoms with Crippen molar-refractivity contribution in [1.82, 2.24) is 4.72 Å². The molecule has 1 saturated carbocycles. The van der Waals surface area contributed by atoms with E-state index in [1.165, 1.54) is 12.1 Å². The zero-order valence-electron chi connectivity index (χ0n) is 10.6. The average molecular weight is 282 g/mol. The van der Waals surface area contributed by atoms with E-state index in [0.29, 0.717) is 5.92 Å². The van der Waals surface area contributed by atoms with Gasteiger partial charge in [-0.25, -0.2) is 13.1 Å². The van der Waals surface area contributed by atoms with Crippen LogP contribution in [0.4, 0.5) is 5.69 Å². The molecule has 1 aromatic rings. The van der Waals surface area contributed by atoms with Gasteiger partial charge in [0.1, 0.15) is 4.90 Å². The lowest BCUT2D eigenvalue weighted by Gasteiger charge is -2.11. The van der Waals surface area contributed by atoms with Crippen molar-refractivity contribution in [3.8, 4) is 0 Å². The number of hydrogen-bond donors (Lipinski definition) is 2. The second-order valence-corrected chi connectivity index (χ2v) is 6.57. The summed E-state index contributed by atoms with van der Waals surface area (Å²) in [6, 6.07) is 6.11. The molecule has 0 spiro atoms. The molecule has 0 atom stereocenters. The van der Waals surface area contributed by atoms with Crippen molar-refractivity contribution in [3.05, 3.63) is 24.3 Å². The molecule has 1 fully saturated rings. The third-order valence-electron chi connectivity index (χ3n) is 3.41. The molecule has 0 aromatic heterocycles. The fourth-order valence-electron chi connectivity index (χ4n) is 2.45.